The van der Waals surface area contributed by atoms with E-state index in [1.807, 2.05) is 0 Å². The minimum atomic E-state index is -1.01. The Hall–Kier alpha value is -1.99. The van der Waals surface area contributed by atoms with E-state index in [0.29, 0.717) is 17.7 Å². The van der Waals surface area contributed by atoms with Crippen molar-refractivity contribution in [2.24, 2.45) is 0 Å². The molecule has 0 bridgehead atoms. The number of benzene rings is 1. The average Bonchev–Trinajstić information content (AvgIpc) is 2.29. The number of rotatable bonds is 3. The first-order chi connectivity index (χ1) is 7.69. The van der Waals surface area contributed by atoms with Gasteiger partial charge >= 0.3 is 5.97 Å². The van der Waals surface area contributed by atoms with Crippen molar-refractivity contribution in [3.63, 3.8) is 0 Å². The molecule has 0 aliphatic heterocycles. The fourth-order valence-corrected chi connectivity index (χ4v) is 1.15. The molecule has 0 heterocycles. The van der Waals surface area contributed by atoms with E-state index in [1.165, 1.54) is 19.2 Å². The number of carboxylic acids is 1. The van der Waals surface area contributed by atoms with E-state index in [2.05, 4.69) is 11.8 Å². The first-order valence-corrected chi connectivity index (χ1v) is 4.70. The lowest BCUT2D eigenvalue weighted by atomic mass is 10.1. The molecule has 4 heteroatoms. The lowest BCUT2D eigenvalue weighted by Crippen LogP contribution is -1.98. The highest BCUT2D eigenvalue weighted by molar-refractivity contribution is 5.88. The van der Waals surface area contributed by atoms with E-state index in [4.69, 9.17) is 14.9 Å². The van der Waals surface area contributed by atoms with Gasteiger partial charge in [0.25, 0.3) is 0 Å². The van der Waals surface area contributed by atoms with Crippen LogP contribution < -0.4 is 4.74 Å². The molecule has 0 aliphatic carbocycles. The first-order valence-electron chi connectivity index (χ1n) is 4.70. The molecule has 0 amide bonds. The monoisotopic (exact) mass is 220 g/mol. The van der Waals surface area contributed by atoms with Crippen molar-refractivity contribution in [1.82, 2.24) is 0 Å². The minimum absolute atomic E-state index is 0.0199. The van der Waals surface area contributed by atoms with Crippen molar-refractivity contribution in [2.45, 2.75) is 6.42 Å². The molecule has 84 valence electrons. The zero-order valence-electron chi connectivity index (χ0n) is 8.86. The van der Waals surface area contributed by atoms with Crippen LogP contribution in [0.4, 0.5) is 0 Å². The van der Waals surface area contributed by atoms with Crippen molar-refractivity contribution in [3.8, 4) is 17.6 Å². The second kappa shape index (κ2) is 5.79. The normalized spacial score (nSPS) is 9.12. The largest absolute Gasteiger partial charge is 0.495 e. The Labute approximate surface area is 93.5 Å². The Morgan fingerprint density at radius 3 is 2.81 bits per heavy atom. The lowest BCUT2D eigenvalue weighted by Gasteiger charge is -2.03. The van der Waals surface area contributed by atoms with Crippen molar-refractivity contribution < 1.29 is 19.7 Å². The third-order valence-electron chi connectivity index (χ3n) is 1.91. The van der Waals surface area contributed by atoms with Crippen molar-refractivity contribution in [1.29, 1.82) is 0 Å². The van der Waals surface area contributed by atoms with Gasteiger partial charge in [-0.3, -0.25) is 0 Å². The van der Waals surface area contributed by atoms with Crippen LogP contribution in [0.1, 0.15) is 22.3 Å². The fourth-order valence-electron chi connectivity index (χ4n) is 1.15. The maximum absolute atomic E-state index is 10.8. The van der Waals surface area contributed by atoms with Crippen molar-refractivity contribution >= 4 is 5.97 Å². The highest BCUT2D eigenvalue weighted by Gasteiger charge is 2.06. The number of aromatic carboxylic acids is 1. The van der Waals surface area contributed by atoms with E-state index >= 15 is 0 Å². The molecular formula is C12H12O4. The molecule has 0 saturated heterocycles. The van der Waals surface area contributed by atoms with Gasteiger partial charge in [0.15, 0.2) is 0 Å². The van der Waals surface area contributed by atoms with Crippen molar-refractivity contribution in [2.75, 3.05) is 13.7 Å². The number of aliphatic hydroxyl groups is 1. The smallest absolute Gasteiger partial charge is 0.335 e. The predicted octanol–water partition coefficient (Wildman–Crippen LogP) is 1.13. The molecule has 0 radical (unpaired) electrons. The van der Waals surface area contributed by atoms with Crippen LogP contribution >= 0.6 is 0 Å². The Bertz CT molecular complexity index is 440. The third-order valence-corrected chi connectivity index (χ3v) is 1.91. The molecule has 0 spiro atoms. The lowest BCUT2D eigenvalue weighted by molar-refractivity contribution is 0.0697. The second-order valence-corrected chi connectivity index (χ2v) is 3.00. The second-order valence-electron chi connectivity index (χ2n) is 3.00. The summed E-state index contributed by atoms with van der Waals surface area (Å²) in [6.07, 6.45) is 0.348. The molecule has 4 nitrogen and oxygen atoms in total. The number of aliphatic hydroxyl groups excluding tert-OH is 1. The van der Waals surface area contributed by atoms with Gasteiger partial charge in [-0.05, 0) is 18.2 Å². The molecule has 0 fully saturated rings. The van der Waals surface area contributed by atoms with Gasteiger partial charge < -0.3 is 14.9 Å². The van der Waals surface area contributed by atoms with Crippen LogP contribution in [0.3, 0.4) is 0 Å². The first kappa shape index (κ1) is 12.1. The molecule has 0 saturated carbocycles. The van der Waals surface area contributed by atoms with Gasteiger partial charge in [0.1, 0.15) is 5.75 Å². The molecular weight excluding hydrogens is 208 g/mol. The van der Waals surface area contributed by atoms with E-state index in [-0.39, 0.29) is 12.2 Å². The maximum Gasteiger partial charge on any atom is 0.335 e. The van der Waals surface area contributed by atoms with Gasteiger partial charge in [-0.2, -0.15) is 0 Å². The third kappa shape index (κ3) is 3.01. The number of hydrogen-bond acceptors (Lipinski definition) is 3. The van der Waals surface area contributed by atoms with Crippen LogP contribution in [0, 0.1) is 11.8 Å². The Morgan fingerprint density at radius 2 is 2.25 bits per heavy atom. The summed E-state index contributed by atoms with van der Waals surface area (Å²) in [5.74, 6) is 5.00. The SMILES string of the molecule is COc1ccc(C(=O)O)cc1C#CCCO. The Balaban J connectivity index is 3.08. The van der Waals surface area contributed by atoms with Crippen LogP contribution in [0.5, 0.6) is 5.75 Å². The summed E-state index contributed by atoms with van der Waals surface area (Å²) in [7, 11) is 1.49. The average molecular weight is 220 g/mol. The van der Waals surface area contributed by atoms with E-state index in [0.717, 1.165) is 0 Å². The van der Waals surface area contributed by atoms with Crippen LogP contribution in [0.15, 0.2) is 18.2 Å². The molecule has 16 heavy (non-hydrogen) atoms. The number of carbonyl (C=O) groups is 1. The van der Waals surface area contributed by atoms with Gasteiger partial charge in [-0.15, -0.1) is 0 Å². The van der Waals surface area contributed by atoms with Gasteiger partial charge in [-0.1, -0.05) is 11.8 Å². The zero-order valence-corrected chi connectivity index (χ0v) is 8.86. The van der Waals surface area contributed by atoms with Gasteiger partial charge in [0, 0.05) is 6.42 Å². The minimum Gasteiger partial charge on any atom is -0.495 e. The number of methoxy groups -OCH3 is 1. The van der Waals surface area contributed by atoms with Crippen LogP contribution in [0.2, 0.25) is 0 Å². The molecule has 0 atom stereocenters. The maximum atomic E-state index is 10.8. The molecule has 2 N–H and O–H groups in total. The highest BCUT2D eigenvalue weighted by atomic mass is 16.5. The van der Waals surface area contributed by atoms with E-state index in [9.17, 15) is 4.79 Å². The van der Waals surface area contributed by atoms with Crippen molar-refractivity contribution in [3.05, 3.63) is 29.3 Å². The topological polar surface area (TPSA) is 66.8 Å². The molecule has 0 aromatic heterocycles. The standard InChI is InChI=1S/C12H12O4/c1-16-11-6-5-10(12(14)15)8-9(11)4-2-3-7-13/h5-6,8,13H,3,7H2,1H3,(H,14,15). The highest BCUT2D eigenvalue weighted by Crippen LogP contribution is 2.18. The summed E-state index contributed by atoms with van der Waals surface area (Å²) in [4.78, 5) is 10.8. The summed E-state index contributed by atoms with van der Waals surface area (Å²) in [5.41, 5.74) is 0.671. The van der Waals surface area contributed by atoms with E-state index in [1.54, 1.807) is 6.07 Å². The van der Waals surface area contributed by atoms with Crippen LogP contribution in [-0.2, 0) is 0 Å². The van der Waals surface area contributed by atoms with Gasteiger partial charge in [0.2, 0.25) is 0 Å². The zero-order chi connectivity index (χ0) is 12.0. The van der Waals surface area contributed by atoms with Crippen LogP contribution in [0.25, 0.3) is 0 Å². The van der Waals surface area contributed by atoms with Gasteiger partial charge in [0.05, 0.1) is 24.8 Å². The van der Waals surface area contributed by atoms with Gasteiger partial charge in [-0.25, -0.2) is 4.79 Å². The predicted molar refractivity (Wildman–Crippen MR) is 58.5 cm³/mol. The summed E-state index contributed by atoms with van der Waals surface area (Å²) in [6.45, 7) is -0.0199. The molecule has 1 aromatic carbocycles. The summed E-state index contributed by atoms with van der Waals surface area (Å²) < 4.78 is 5.05. The molecule has 0 unspecified atom stereocenters. The molecule has 0 aliphatic rings. The number of ether oxygens (including phenoxy) is 1. The Kier molecular flexibility index (Phi) is 4.37. The number of hydrogen-bond donors (Lipinski definition) is 2. The molecule has 1 rings (SSSR count). The molecule has 1 aromatic rings. The summed E-state index contributed by atoms with van der Waals surface area (Å²) in [5, 5.41) is 17.4. The van der Waals surface area contributed by atoms with Crippen LogP contribution in [-0.4, -0.2) is 29.9 Å². The fraction of sp³-hybridized carbons (Fsp3) is 0.250. The van der Waals surface area contributed by atoms with E-state index < -0.39 is 5.97 Å². The quantitative estimate of drug-likeness (QED) is 0.749. The summed E-state index contributed by atoms with van der Waals surface area (Å²) in [6, 6.07) is 4.47. The number of carboxylic acid groups (broad SMARTS) is 1. The Morgan fingerprint density at radius 1 is 1.50 bits per heavy atom. The summed E-state index contributed by atoms with van der Waals surface area (Å²) >= 11 is 0.